The van der Waals surface area contributed by atoms with Crippen LogP contribution in [0.5, 0.6) is 5.88 Å². The predicted molar refractivity (Wildman–Crippen MR) is 86.8 cm³/mol. The average Bonchev–Trinajstić information content (AvgIpc) is 2.84. The topological polar surface area (TPSA) is 63.9 Å². The van der Waals surface area contributed by atoms with Crippen molar-refractivity contribution in [3.05, 3.63) is 42.5 Å². The molecule has 4 nitrogen and oxygen atoms in total. The molecule has 0 amide bonds. The van der Waals surface area contributed by atoms with Gasteiger partial charge in [-0.3, -0.25) is 0 Å². The number of aromatic nitrogens is 2. The molecule has 0 saturated carbocycles. The summed E-state index contributed by atoms with van der Waals surface area (Å²) in [6.45, 7) is 3.91. The maximum Gasteiger partial charge on any atom is 0.238 e. The summed E-state index contributed by atoms with van der Waals surface area (Å²) in [5.41, 5.74) is 7.57. The van der Waals surface area contributed by atoms with Gasteiger partial charge in [0, 0.05) is 10.9 Å². The van der Waals surface area contributed by atoms with Crippen LogP contribution >= 0.6 is 11.8 Å². The van der Waals surface area contributed by atoms with E-state index in [1.165, 1.54) is 5.39 Å². The Morgan fingerprint density at radius 2 is 2.00 bits per heavy atom. The van der Waals surface area contributed by atoms with Gasteiger partial charge in [-0.05, 0) is 38.1 Å². The Morgan fingerprint density at radius 3 is 2.76 bits per heavy atom. The smallest absolute Gasteiger partial charge is 0.238 e. The minimum Gasteiger partial charge on any atom is -0.473 e. The van der Waals surface area contributed by atoms with E-state index in [1.54, 1.807) is 11.8 Å². The molecule has 0 aliphatic rings. The molecule has 0 radical (unpaired) electrons. The highest BCUT2D eigenvalue weighted by Gasteiger charge is 2.09. The molecule has 0 fully saturated rings. The number of para-hydroxylation sites is 1. The molecule has 0 aliphatic heterocycles. The minimum atomic E-state index is 0.0492. The van der Waals surface area contributed by atoms with Crippen molar-refractivity contribution in [2.75, 3.05) is 5.73 Å². The number of hydrogen-bond acceptors (Lipinski definition) is 4. The standard InChI is InChI=1S/C16H17N3OS/c1-10(2)20-16-12(17)7-8-14(19-16)21-15-9-11-5-3-4-6-13(11)18-15/h3-10,18H,17H2,1-2H3. The zero-order chi connectivity index (χ0) is 14.8. The lowest BCUT2D eigenvalue weighted by atomic mass is 10.3. The van der Waals surface area contributed by atoms with Gasteiger partial charge in [-0.25, -0.2) is 4.98 Å². The molecular weight excluding hydrogens is 282 g/mol. The van der Waals surface area contributed by atoms with Crippen molar-refractivity contribution in [2.24, 2.45) is 0 Å². The van der Waals surface area contributed by atoms with Crippen LogP contribution in [0.2, 0.25) is 0 Å². The van der Waals surface area contributed by atoms with Gasteiger partial charge >= 0.3 is 0 Å². The predicted octanol–water partition coefficient (Wildman–Crippen LogP) is 4.08. The van der Waals surface area contributed by atoms with Gasteiger partial charge in [-0.2, -0.15) is 0 Å². The van der Waals surface area contributed by atoms with Crippen LogP contribution in [0.15, 0.2) is 52.5 Å². The Bertz CT molecular complexity index is 734. The van der Waals surface area contributed by atoms with Gasteiger partial charge in [0.2, 0.25) is 5.88 Å². The third-order valence-corrected chi connectivity index (χ3v) is 3.81. The first-order valence-corrected chi connectivity index (χ1v) is 7.62. The van der Waals surface area contributed by atoms with Crippen molar-refractivity contribution in [1.82, 2.24) is 9.97 Å². The molecule has 0 aliphatic carbocycles. The quantitative estimate of drug-likeness (QED) is 0.762. The lowest BCUT2D eigenvalue weighted by Crippen LogP contribution is -2.09. The molecule has 2 heterocycles. The van der Waals surface area contributed by atoms with E-state index in [0.717, 1.165) is 15.6 Å². The van der Waals surface area contributed by atoms with Gasteiger partial charge in [0.25, 0.3) is 0 Å². The number of nitrogens with one attached hydrogen (secondary N) is 1. The Balaban J connectivity index is 1.87. The van der Waals surface area contributed by atoms with Crippen molar-refractivity contribution in [2.45, 2.75) is 30.0 Å². The van der Waals surface area contributed by atoms with E-state index in [2.05, 4.69) is 28.2 Å². The Labute approximate surface area is 127 Å². The maximum atomic E-state index is 5.89. The normalized spacial score (nSPS) is 11.2. The third-order valence-electron chi connectivity index (χ3n) is 2.93. The van der Waals surface area contributed by atoms with Gasteiger partial charge in [-0.1, -0.05) is 30.0 Å². The fourth-order valence-corrected chi connectivity index (χ4v) is 2.86. The van der Waals surface area contributed by atoms with Crippen LogP contribution in [0.25, 0.3) is 10.9 Å². The average molecular weight is 299 g/mol. The molecule has 0 unspecified atom stereocenters. The second-order valence-electron chi connectivity index (χ2n) is 5.03. The summed E-state index contributed by atoms with van der Waals surface area (Å²) in [7, 11) is 0. The highest BCUT2D eigenvalue weighted by atomic mass is 32.2. The molecule has 21 heavy (non-hydrogen) atoms. The zero-order valence-electron chi connectivity index (χ0n) is 12.0. The van der Waals surface area contributed by atoms with Crippen LogP contribution in [-0.2, 0) is 0 Å². The number of fused-ring (bicyclic) bond motifs is 1. The van der Waals surface area contributed by atoms with Crippen molar-refractivity contribution >= 4 is 28.4 Å². The molecule has 108 valence electrons. The van der Waals surface area contributed by atoms with Gasteiger partial charge in [0.05, 0.1) is 16.8 Å². The first-order chi connectivity index (χ1) is 10.1. The van der Waals surface area contributed by atoms with E-state index in [0.29, 0.717) is 11.6 Å². The number of anilines is 1. The van der Waals surface area contributed by atoms with Gasteiger partial charge in [-0.15, -0.1) is 0 Å². The number of H-pyrrole nitrogens is 1. The summed E-state index contributed by atoms with van der Waals surface area (Å²) < 4.78 is 5.62. The number of rotatable bonds is 4. The molecule has 0 bridgehead atoms. The number of aromatic amines is 1. The minimum absolute atomic E-state index is 0.0492. The first kappa shape index (κ1) is 13.8. The number of nitrogens with zero attached hydrogens (tertiary/aromatic N) is 1. The molecule has 3 rings (SSSR count). The summed E-state index contributed by atoms with van der Waals surface area (Å²) in [4.78, 5) is 7.84. The van der Waals surface area contributed by atoms with Gasteiger partial charge in [0.1, 0.15) is 5.03 Å². The lowest BCUT2D eigenvalue weighted by Gasteiger charge is -2.11. The van der Waals surface area contributed by atoms with E-state index in [1.807, 2.05) is 38.1 Å². The molecule has 0 saturated heterocycles. The van der Waals surface area contributed by atoms with Crippen LogP contribution in [-0.4, -0.2) is 16.1 Å². The van der Waals surface area contributed by atoms with Crippen molar-refractivity contribution in [3.8, 4) is 5.88 Å². The summed E-state index contributed by atoms with van der Waals surface area (Å²) in [5.74, 6) is 0.492. The van der Waals surface area contributed by atoms with Crippen LogP contribution in [0.1, 0.15) is 13.8 Å². The molecule has 2 aromatic heterocycles. The fourth-order valence-electron chi connectivity index (χ4n) is 2.02. The molecule has 0 atom stereocenters. The number of pyridine rings is 1. The third kappa shape index (κ3) is 3.13. The number of hydrogen-bond donors (Lipinski definition) is 2. The number of benzene rings is 1. The van der Waals surface area contributed by atoms with Crippen molar-refractivity contribution < 1.29 is 4.74 Å². The van der Waals surface area contributed by atoms with E-state index in [9.17, 15) is 0 Å². The number of nitrogen functional groups attached to an aromatic ring is 1. The van der Waals surface area contributed by atoms with Crippen LogP contribution in [0.3, 0.4) is 0 Å². The van der Waals surface area contributed by atoms with E-state index >= 15 is 0 Å². The van der Waals surface area contributed by atoms with Gasteiger partial charge in [0.15, 0.2) is 0 Å². The number of ether oxygens (including phenoxy) is 1. The Kier molecular flexibility index (Phi) is 3.75. The van der Waals surface area contributed by atoms with E-state index in [4.69, 9.17) is 10.5 Å². The highest BCUT2D eigenvalue weighted by Crippen LogP contribution is 2.31. The molecule has 5 heteroatoms. The summed E-state index contributed by atoms with van der Waals surface area (Å²) >= 11 is 1.56. The molecular formula is C16H17N3OS. The van der Waals surface area contributed by atoms with Gasteiger partial charge < -0.3 is 15.5 Å². The second-order valence-corrected chi connectivity index (χ2v) is 6.10. The van der Waals surface area contributed by atoms with Crippen LogP contribution in [0, 0.1) is 0 Å². The largest absolute Gasteiger partial charge is 0.473 e. The van der Waals surface area contributed by atoms with E-state index < -0.39 is 0 Å². The first-order valence-electron chi connectivity index (χ1n) is 6.80. The zero-order valence-corrected chi connectivity index (χ0v) is 12.8. The SMILES string of the molecule is CC(C)Oc1nc(Sc2cc3ccccc3[nH]2)ccc1N. The molecule has 0 spiro atoms. The maximum absolute atomic E-state index is 5.89. The summed E-state index contributed by atoms with van der Waals surface area (Å²) in [6.07, 6.45) is 0.0492. The molecule has 1 aromatic carbocycles. The van der Waals surface area contributed by atoms with Crippen LogP contribution in [0.4, 0.5) is 5.69 Å². The summed E-state index contributed by atoms with van der Waals surface area (Å²) in [6, 6.07) is 14.0. The number of nitrogens with two attached hydrogens (primary N) is 1. The Morgan fingerprint density at radius 1 is 1.19 bits per heavy atom. The van der Waals surface area contributed by atoms with E-state index in [-0.39, 0.29) is 6.10 Å². The van der Waals surface area contributed by atoms with Crippen LogP contribution < -0.4 is 10.5 Å². The van der Waals surface area contributed by atoms with Crippen molar-refractivity contribution in [1.29, 1.82) is 0 Å². The fraction of sp³-hybridized carbons (Fsp3) is 0.188. The second kappa shape index (κ2) is 5.69. The van der Waals surface area contributed by atoms with Crippen molar-refractivity contribution in [3.63, 3.8) is 0 Å². The highest BCUT2D eigenvalue weighted by molar-refractivity contribution is 7.99. The Hall–Kier alpha value is -2.14. The summed E-state index contributed by atoms with van der Waals surface area (Å²) in [5, 5.41) is 3.09. The monoisotopic (exact) mass is 299 g/mol. The lowest BCUT2D eigenvalue weighted by molar-refractivity contribution is 0.232. The molecule has 3 N–H and O–H groups in total. The molecule has 3 aromatic rings.